The number of nitrogens with one attached hydrogen (secondary N) is 1. The number of piperazine rings is 1. The van der Waals surface area contributed by atoms with Crippen molar-refractivity contribution in [2.75, 3.05) is 50.6 Å². The van der Waals surface area contributed by atoms with Gasteiger partial charge in [0.25, 0.3) is 0 Å². The Kier molecular flexibility index (Phi) is 7.28. The maximum Gasteiger partial charge on any atom is 0.144 e. The number of anilines is 2. The molecule has 3 aromatic rings. The Bertz CT molecular complexity index is 1430. The summed E-state index contributed by atoms with van der Waals surface area (Å²) in [5.41, 5.74) is 4.77. The molecule has 8 heteroatoms. The number of ether oxygens (including phenoxy) is 1. The Morgan fingerprint density at radius 1 is 1.02 bits per heavy atom. The minimum Gasteiger partial charge on any atom is -0.495 e. The normalized spacial score (nSPS) is 22.9. The van der Waals surface area contributed by atoms with Crippen LogP contribution in [0.2, 0.25) is 0 Å². The second kappa shape index (κ2) is 10.9. The Hall–Kier alpha value is -3.41. The van der Waals surface area contributed by atoms with Crippen LogP contribution in [0.25, 0.3) is 10.9 Å². The summed E-state index contributed by atoms with van der Waals surface area (Å²) in [6.07, 6.45) is 5.05. The second-order valence-corrected chi connectivity index (χ2v) is 11.9. The zero-order valence-corrected chi connectivity index (χ0v) is 24.4. The van der Waals surface area contributed by atoms with Crippen molar-refractivity contribution in [3.63, 3.8) is 0 Å². The zero-order valence-electron chi connectivity index (χ0n) is 24.4. The molecule has 6 rings (SSSR count). The van der Waals surface area contributed by atoms with E-state index in [2.05, 4.69) is 58.3 Å². The third-order valence-corrected chi connectivity index (χ3v) is 9.62. The van der Waals surface area contributed by atoms with Crippen LogP contribution in [0.3, 0.4) is 0 Å². The molecule has 1 N–H and O–H groups in total. The molecular formula is C32H41N7O. The highest BCUT2D eigenvalue weighted by Gasteiger charge is 2.40. The number of nitrogens with zero attached hydrogens (tertiary/aromatic N) is 6. The van der Waals surface area contributed by atoms with E-state index < -0.39 is 0 Å². The minimum atomic E-state index is -0.0222. The topological polar surface area (TPSA) is 80.5 Å². The number of likely N-dealkylation sites (N-methyl/N-ethyl adjacent to an activating group) is 1. The number of methoxy groups -OCH3 is 1. The lowest BCUT2D eigenvalue weighted by molar-refractivity contribution is 0.0495. The number of aryl methyl sites for hydroxylation is 1. The number of hydrogen-bond donors (Lipinski definition) is 1. The summed E-state index contributed by atoms with van der Waals surface area (Å²) in [4.78, 5) is 17.4. The van der Waals surface area contributed by atoms with Gasteiger partial charge >= 0.3 is 0 Å². The number of likely N-dealkylation sites (tertiary alicyclic amines) is 1. The molecule has 2 bridgehead atoms. The highest BCUT2D eigenvalue weighted by atomic mass is 16.5. The zero-order chi connectivity index (χ0) is 28.0. The first-order valence-electron chi connectivity index (χ1n) is 14.7. The molecule has 3 aliphatic heterocycles. The Balaban J connectivity index is 1.25. The number of piperidine rings is 1. The van der Waals surface area contributed by atoms with Crippen molar-refractivity contribution in [3.05, 3.63) is 52.8 Å². The Labute approximate surface area is 237 Å². The molecule has 4 heterocycles. The highest BCUT2D eigenvalue weighted by molar-refractivity contribution is 5.94. The molecule has 0 radical (unpaired) electrons. The molecule has 3 atom stereocenters. The Morgan fingerprint density at radius 2 is 1.75 bits per heavy atom. The molecule has 40 heavy (non-hydrogen) atoms. The van der Waals surface area contributed by atoms with E-state index in [4.69, 9.17) is 14.7 Å². The number of fused-ring (bicyclic) bond motifs is 3. The van der Waals surface area contributed by atoms with E-state index in [0.29, 0.717) is 17.4 Å². The molecule has 210 valence electrons. The lowest BCUT2D eigenvalue weighted by atomic mass is 9.98. The van der Waals surface area contributed by atoms with E-state index in [1.165, 1.54) is 38.8 Å². The van der Waals surface area contributed by atoms with Crippen LogP contribution >= 0.6 is 0 Å². The third-order valence-electron chi connectivity index (χ3n) is 9.62. The van der Waals surface area contributed by atoms with Gasteiger partial charge in [0, 0.05) is 55.8 Å². The van der Waals surface area contributed by atoms with Gasteiger partial charge in [-0.1, -0.05) is 12.1 Å². The first kappa shape index (κ1) is 26.8. The van der Waals surface area contributed by atoms with Crippen molar-refractivity contribution >= 4 is 22.4 Å². The number of rotatable bonds is 6. The average molecular weight is 540 g/mol. The van der Waals surface area contributed by atoms with Crippen molar-refractivity contribution in [1.82, 2.24) is 19.8 Å². The van der Waals surface area contributed by atoms with Crippen LogP contribution in [-0.4, -0.2) is 78.2 Å². The molecular weight excluding hydrogens is 498 g/mol. The first-order chi connectivity index (χ1) is 19.4. The molecule has 3 aliphatic rings. The van der Waals surface area contributed by atoms with E-state index in [1.54, 1.807) is 7.11 Å². The van der Waals surface area contributed by atoms with Crippen molar-refractivity contribution < 1.29 is 4.74 Å². The van der Waals surface area contributed by atoms with Gasteiger partial charge in [-0.2, -0.15) is 5.26 Å². The Morgan fingerprint density at radius 3 is 2.42 bits per heavy atom. The van der Waals surface area contributed by atoms with Crippen LogP contribution in [0.4, 0.5) is 11.5 Å². The van der Waals surface area contributed by atoms with Crippen LogP contribution in [0.15, 0.2) is 30.3 Å². The monoisotopic (exact) mass is 539 g/mol. The van der Waals surface area contributed by atoms with Gasteiger partial charge in [-0.25, -0.2) is 9.97 Å². The predicted molar refractivity (Wildman–Crippen MR) is 160 cm³/mol. The summed E-state index contributed by atoms with van der Waals surface area (Å²) >= 11 is 0. The quantitative estimate of drug-likeness (QED) is 0.466. The maximum absolute atomic E-state index is 9.51. The summed E-state index contributed by atoms with van der Waals surface area (Å²) in [6.45, 7) is 10.5. The van der Waals surface area contributed by atoms with Crippen LogP contribution in [0.1, 0.15) is 61.2 Å². The lowest BCUT2D eigenvalue weighted by Gasteiger charge is -2.45. The summed E-state index contributed by atoms with van der Waals surface area (Å²) < 4.78 is 5.90. The smallest absolute Gasteiger partial charge is 0.144 e. The van der Waals surface area contributed by atoms with Gasteiger partial charge < -0.3 is 15.0 Å². The number of hydrogen-bond acceptors (Lipinski definition) is 8. The van der Waals surface area contributed by atoms with E-state index in [-0.39, 0.29) is 6.04 Å². The molecule has 1 aromatic heterocycles. The first-order valence-corrected chi connectivity index (χ1v) is 14.7. The SMILES string of the molecule is COc1cc2nc(C)nc(N[C@H](C)c3cccc(C#N)c3C)c2cc1N1CCC(N2CC3CCC(C2)N3C)CC1. The number of aromatic nitrogens is 2. The van der Waals surface area contributed by atoms with Gasteiger partial charge in [0.15, 0.2) is 0 Å². The standard InChI is InChI=1S/C32H41N7O/c1-20-23(17-33)7-6-8-27(20)21(2)34-32-28-15-30(31(40-5)16-29(28)35-22(3)36-32)38-13-11-24(12-14-38)39-18-25-9-10-26(19-39)37(25)4/h6-8,15-16,21,24-26H,9-14,18-19H2,1-5H3,(H,34,35,36)/t21-,25?,26?/m1/s1. The second-order valence-electron chi connectivity index (χ2n) is 11.9. The summed E-state index contributed by atoms with van der Waals surface area (Å²) in [5, 5.41) is 14.1. The summed E-state index contributed by atoms with van der Waals surface area (Å²) in [5.74, 6) is 2.38. The van der Waals surface area contributed by atoms with Crippen molar-refractivity contribution in [1.29, 1.82) is 5.26 Å². The molecule has 2 aromatic carbocycles. The fraction of sp³-hybridized carbons (Fsp3) is 0.531. The van der Waals surface area contributed by atoms with Gasteiger partial charge in [-0.15, -0.1) is 0 Å². The number of benzene rings is 2. The van der Waals surface area contributed by atoms with Crippen molar-refractivity contribution in [3.8, 4) is 11.8 Å². The summed E-state index contributed by atoms with van der Waals surface area (Å²) in [6, 6.07) is 14.6. The van der Waals surface area contributed by atoms with Crippen LogP contribution in [-0.2, 0) is 0 Å². The predicted octanol–water partition coefficient (Wildman–Crippen LogP) is 5.05. The lowest BCUT2D eigenvalue weighted by Crippen LogP contribution is -2.56. The molecule has 0 amide bonds. The fourth-order valence-electron chi connectivity index (χ4n) is 7.22. The van der Waals surface area contributed by atoms with E-state index in [9.17, 15) is 5.26 Å². The number of nitriles is 1. The average Bonchev–Trinajstić information content (AvgIpc) is 3.15. The van der Waals surface area contributed by atoms with Crippen LogP contribution in [0, 0.1) is 25.2 Å². The van der Waals surface area contributed by atoms with Gasteiger partial charge in [-0.05, 0) is 76.8 Å². The van der Waals surface area contributed by atoms with Crippen LogP contribution in [0.5, 0.6) is 5.75 Å². The van der Waals surface area contributed by atoms with Gasteiger partial charge in [0.1, 0.15) is 17.4 Å². The largest absolute Gasteiger partial charge is 0.495 e. The van der Waals surface area contributed by atoms with E-state index in [1.807, 2.05) is 26.0 Å². The maximum atomic E-state index is 9.51. The van der Waals surface area contributed by atoms with Gasteiger partial charge in [0.2, 0.25) is 0 Å². The molecule has 0 aliphatic carbocycles. The summed E-state index contributed by atoms with van der Waals surface area (Å²) in [7, 11) is 4.06. The molecule has 0 spiro atoms. The molecule has 3 fully saturated rings. The molecule has 8 nitrogen and oxygen atoms in total. The van der Waals surface area contributed by atoms with Gasteiger partial charge in [0.05, 0.1) is 36.0 Å². The third kappa shape index (κ3) is 4.86. The molecule has 3 saturated heterocycles. The minimum absolute atomic E-state index is 0.0222. The molecule has 2 unspecified atom stereocenters. The van der Waals surface area contributed by atoms with Gasteiger partial charge in [-0.3, -0.25) is 9.80 Å². The molecule has 0 saturated carbocycles. The van der Waals surface area contributed by atoms with E-state index >= 15 is 0 Å². The van der Waals surface area contributed by atoms with E-state index in [0.717, 1.165) is 64.5 Å². The highest BCUT2D eigenvalue weighted by Crippen LogP contribution is 2.38. The van der Waals surface area contributed by atoms with Crippen molar-refractivity contribution in [2.45, 2.75) is 70.6 Å². The fourth-order valence-corrected chi connectivity index (χ4v) is 7.22. The van der Waals surface area contributed by atoms with Crippen molar-refractivity contribution in [2.24, 2.45) is 0 Å². The van der Waals surface area contributed by atoms with Crippen LogP contribution < -0.4 is 15.0 Å².